The lowest BCUT2D eigenvalue weighted by atomic mass is 10.0. The summed E-state index contributed by atoms with van der Waals surface area (Å²) in [6.45, 7) is 0.435. The summed E-state index contributed by atoms with van der Waals surface area (Å²) in [6, 6.07) is 16.9. The van der Waals surface area contributed by atoms with E-state index in [1.165, 1.54) is 6.33 Å². The Morgan fingerprint density at radius 3 is 2.52 bits per heavy atom. The Kier molecular flexibility index (Phi) is 5.88. The largest absolute Gasteiger partial charge is 0.497 e. The number of nitrogens with two attached hydrogens (primary N) is 1. The van der Waals surface area contributed by atoms with Crippen molar-refractivity contribution in [3.63, 3.8) is 0 Å². The predicted octanol–water partition coefficient (Wildman–Crippen LogP) is 3.88. The van der Waals surface area contributed by atoms with Gasteiger partial charge in [0.15, 0.2) is 0 Å². The molecule has 0 saturated carbocycles. The Labute approximate surface area is 162 Å². The molecule has 0 radical (unpaired) electrons. The van der Waals surface area contributed by atoms with Crippen molar-refractivity contribution >= 4 is 28.9 Å². The molecule has 138 valence electrons. The molecule has 0 aliphatic heterocycles. The third-order valence-corrected chi connectivity index (χ3v) is 4.52. The second kappa shape index (κ2) is 8.51. The monoisotopic (exact) mass is 381 g/mol. The van der Waals surface area contributed by atoms with E-state index in [2.05, 4.69) is 15.3 Å². The van der Waals surface area contributed by atoms with Crippen molar-refractivity contribution in [2.75, 3.05) is 24.7 Å². The lowest BCUT2D eigenvalue weighted by Gasteiger charge is -2.16. The minimum absolute atomic E-state index is 0.226. The van der Waals surface area contributed by atoms with Gasteiger partial charge in [0.2, 0.25) is 0 Å². The van der Waals surface area contributed by atoms with Gasteiger partial charge >= 0.3 is 0 Å². The van der Waals surface area contributed by atoms with E-state index in [9.17, 15) is 0 Å². The van der Waals surface area contributed by atoms with E-state index in [-0.39, 0.29) is 16.9 Å². The third-order valence-electron chi connectivity index (χ3n) is 4.12. The first-order valence-corrected chi connectivity index (χ1v) is 8.80. The molecule has 0 aliphatic rings. The number of ether oxygens (including phenoxy) is 1. The normalized spacial score (nSPS) is 11.6. The van der Waals surface area contributed by atoms with Gasteiger partial charge in [0.25, 0.3) is 0 Å². The fourth-order valence-corrected chi connectivity index (χ4v) is 2.87. The number of rotatable bonds is 7. The molecule has 4 N–H and O–H groups in total. The number of nitrogen functional groups attached to an aromatic ring is 1. The van der Waals surface area contributed by atoms with Crippen molar-refractivity contribution in [2.24, 2.45) is 0 Å². The molecular formula is C20H20ClN5O. The van der Waals surface area contributed by atoms with Gasteiger partial charge in [-0.1, -0.05) is 30.3 Å². The SMILES string of the molecule is COc1ccc(C(=N)c2c(N)ncnc2NCC(Cl)c2ccccc2)cc1. The number of anilines is 2. The lowest BCUT2D eigenvalue weighted by molar-refractivity contribution is 0.415. The standard InChI is InChI=1S/C20H20ClN5O/c1-27-15-9-7-14(8-10-15)18(22)17-19(23)25-12-26-20(17)24-11-16(21)13-5-3-2-4-6-13/h2-10,12,16,22H,11H2,1H3,(H3,23,24,25,26). The summed E-state index contributed by atoms with van der Waals surface area (Å²) in [5.41, 5.74) is 8.40. The van der Waals surface area contributed by atoms with Crippen LogP contribution in [-0.2, 0) is 0 Å². The number of nitrogens with zero attached hydrogens (tertiary/aromatic N) is 2. The Hall–Kier alpha value is -3.12. The van der Waals surface area contributed by atoms with Gasteiger partial charge < -0.3 is 15.8 Å². The van der Waals surface area contributed by atoms with Gasteiger partial charge in [0, 0.05) is 12.1 Å². The van der Waals surface area contributed by atoms with Crippen LogP contribution in [0.25, 0.3) is 0 Å². The van der Waals surface area contributed by atoms with Crippen molar-refractivity contribution < 1.29 is 4.74 Å². The summed E-state index contributed by atoms with van der Waals surface area (Å²) in [6.07, 6.45) is 1.37. The molecule has 27 heavy (non-hydrogen) atoms. The molecule has 0 bridgehead atoms. The highest BCUT2D eigenvalue weighted by atomic mass is 35.5. The average Bonchev–Trinajstić information content (AvgIpc) is 2.72. The molecule has 6 nitrogen and oxygen atoms in total. The number of methoxy groups -OCH3 is 1. The molecule has 1 atom stereocenters. The molecule has 0 aliphatic carbocycles. The van der Waals surface area contributed by atoms with Crippen LogP contribution in [0.5, 0.6) is 5.75 Å². The quantitative estimate of drug-likeness (QED) is 0.426. The molecule has 0 amide bonds. The number of hydrogen-bond acceptors (Lipinski definition) is 6. The number of halogens is 1. The highest BCUT2D eigenvalue weighted by Crippen LogP contribution is 2.25. The van der Waals surface area contributed by atoms with E-state index in [1.54, 1.807) is 31.4 Å². The lowest BCUT2D eigenvalue weighted by Crippen LogP contribution is -2.16. The summed E-state index contributed by atoms with van der Waals surface area (Å²) in [5, 5.41) is 11.5. The van der Waals surface area contributed by atoms with Gasteiger partial charge in [0.05, 0.1) is 23.8 Å². The zero-order chi connectivity index (χ0) is 19.2. The van der Waals surface area contributed by atoms with Crippen LogP contribution in [0, 0.1) is 5.41 Å². The first-order chi connectivity index (χ1) is 13.1. The van der Waals surface area contributed by atoms with E-state index in [1.807, 2.05) is 30.3 Å². The zero-order valence-electron chi connectivity index (χ0n) is 14.8. The van der Waals surface area contributed by atoms with E-state index in [0.717, 1.165) is 11.3 Å². The molecule has 1 heterocycles. The molecule has 0 spiro atoms. The molecule has 1 unspecified atom stereocenters. The highest BCUT2D eigenvalue weighted by molar-refractivity contribution is 6.21. The maximum absolute atomic E-state index is 8.56. The van der Waals surface area contributed by atoms with Crippen LogP contribution >= 0.6 is 11.6 Å². The molecule has 0 fully saturated rings. The van der Waals surface area contributed by atoms with Crippen molar-refractivity contribution in [1.29, 1.82) is 5.41 Å². The van der Waals surface area contributed by atoms with Crippen LogP contribution in [0.2, 0.25) is 0 Å². The van der Waals surface area contributed by atoms with E-state index >= 15 is 0 Å². The van der Waals surface area contributed by atoms with Gasteiger partial charge in [0.1, 0.15) is 23.7 Å². The Morgan fingerprint density at radius 1 is 1.15 bits per heavy atom. The maximum Gasteiger partial charge on any atom is 0.141 e. The summed E-state index contributed by atoms with van der Waals surface area (Å²) in [7, 11) is 1.60. The van der Waals surface area contributed by atoms with Crippen LogP contribution in [0.3, 0.4) is 0 Å². The minimum atomic E-state index is -0.245. The van der Waals surface area contributed by atoms with E-state index < -0.39 is 0 Å². The van der Waals surface area contributed by atoms with E-state index in [4.69, 9.17) is 27.5 Å². The van der Waals surface area contributed by atoms with Gasteiger partial charge in [-0.3, -0.25) is 5.41 Å². The Bertz CT molecular complexity index is 915. The topological polar surface area (TPSA) is 96.9 Å². The van der Waals surface area contributed by atoms with Crippen LogP contribution in [-0.4, -0.2) is 29.3 Å². The number of hydrogen-bond donors (Lipinski definition) is 3. The second-order valence-electron chi connectivity index (χ2n) is 5.85. The first kappa shape index (κ1) is 18.7. The summed E-state index contributed by atoms with van der Waals surface area (Å²) in [4.78, 5) is 8.29. The molecule has 3 rings (SSSR count). The van der Waals surface area contributed by atoms with Gasteiger partial charge in [-0.25, -0.2) is 9.97 Å². The fourth-order valence-electron chi connectivity index (χ4n) is 2.65. The summed E-state index contributed by atoms with van der Waals surface area (Å²) in [5.74, 6) is 1.43. The molecule has 3 aromatic rings. The molecule has 7 heteroatoms. The predicted molar refractivity (Wildman–Crippen MR) is 109 cm³/mol. The van der Waals surface area contributed by atoms with Crippen molar-refractivity contribution in [1.82, 2.24) is 9.97 Å². The number of alkyl halides is 1. The number of benzene rings is 2. The van der Waals surface area contributed by atoms with E-state index in [0.29, 0.717) is 23.5 Å². The Morgan fingerprint density at radius 2 is 1.85 bits per heavy atom. The van der Waals surface area contributed by atoms with Crippen LogP contribution in [0.15, 0.2) is 60.9 Å². The first-order valence-electron chi connectivity index (χ1n) is 8.37. The van der Waals surface area contributed by atoms with Gasteiger partial charge in [-0.15, -0.1) is 11.6 Å². The van der Waals surface area contributed by atoms with Crippen LogP contribution in [0.1, 0.15) is 22.1 Å². The Balaban J connectivity index is 1.82. The average molecular weight is 382 g/mol. The molecule has 2 aromatic carbocycles. The maximum atomic E-state index is 8.56. The molecule has 0 saturated heterocycles. The number of aromatic nitrogens is 2. The fraction of sp³-hybridized carbons (Fsp3) is 0.150. The molecule has 1 aromatic heterocycles. The number of nitrogens with one attached hydrogen (secondary N) is 2. The smallest absolute Gasteiger partial charge is 0.141 e. The van der Waals surface area contributed by atoms with Crippen molar-refractivity contribution in [3.05, 3.63) is 77.6 Å². The minimum Gasteiger partial charge on any atom is -0.497 e. The third kappa shape index (κ3) is 4.35. The van der Waals surface area contributed by atoms with Crippen LogP contribution in [0.4, 0.5) is 11.6 Å². The van der Waals surface area contributed by atoms with Crippen LogP contribution < -0.4 is 15.8 Å². The van der Waals surface area contributed by atoms with Crippen molar-refractivity contribution in [3.8, 4) is 5.75 Å². The zero-order valence-corrected chi connectivity index (χ0v) is 15.6. The molecular weight excluding hydrogens is 362 g/mol. The summed E-state index contributed by atoms with van der Waals surface area (Å²) < 4.78 is 5.16. The highest BCUT2D eigenvalue weighted by Gasteiger charge is 2.17. The van der Waals surface area contributed by atoms with Gasteiger partial charge in [-0.2, -0.15) is 0 Å². The van der Waals surface area contributed by atoms with Gasteiger partial charge in [-0.05, 0) is 29.8 Å². The van der Waals surface area contributed by atoms with Crippen molar-refractivity contribution in [2.45, 2.75) is 5.38 Å². The second-order valence-corrected chi connectivity index (χ2v) is 6.37. The summed E-state index contributed by atoms with van der Waals surface area (Å²) >= 11 is 6.47.